The summed E-state index contributed by atoms with van der Waals surface area (Å²) in [4.78, 5) is 11.8. The molecule has 0 aliphatic rings. The molecule has 0 amide bonds. The van der Waals surface area contributed by atoms with Gasteiger partial charge in [0.05, 0.1) is 13.0 Å². The van der Waals surface area contributed by atoms with Crippen molar-refractivity contribution >= 4 is 5.97 Å². The summed E-state index contributed by atoms with van der Waals surface area (Å²) in [5, 5.41) is 0. The number of hydrogen-bond acceptors (Lipinski definition) is 2. The fraction of sp³-hybridized carbons (Fsp3) is 0.533. The van der Waals surface area contributed by atoms with Gasteiger partial charge in [0.2, 0.25) is 0 Å². The van der Waals surface area contributed by atoms with Crippen molar-refractivity contribution in [3.8, 4) is 0 Å². The average Bonchev–Trinajstić information content (AvgIpc) is 2.31. The zero-order valence-electron chi connectivity index (χ0n) is 11.4. The van der Waals surface area contributed by atoms with Gasteiger partial charge in [-0.25, -0.2) is 0 Å². The molecule has 1 aromatic carbocycles. The first-order valence-corrected chi connectivity index (χ1v) is 6.19. The lowest BCUT2D eigenvalue weighted by Crippen LogP contribution is -2.15. The van der Waals surface area contributed by atoms with E-state index in [0.29, 0.717) is 5.92 Å². The molecule has 17 heavy (non-hydrogen) atoms. The first-order chi connectivity index (χ1) is 8.01. The maximum Gasteiger partial charge on any atom is 0.313 e. The van der Waals surface area contributed by atoms with Crippen molar-refractivity contribution in [1.29, 1.82) is 0 Å². The average molecular weight is 234 g/mol. The zero-order valence-corrected chi connectivity index (χ0v) is 11.4. The Kier molecular flexibility index (Phi) is 4.73. The van der Waals surface area contributed by atoms with E-state index in [1.807, 2.05) is 13.8 Å². The Labute approximate surface area is 104 Å². The molecular weight excluding hydrogens is 212 g/mol. The van der Waals surface area contributed by atoms with Gasteiger partial charge < -0.3 is 4.74 Å². The van der Waals surface area contributed by atoms with Crippen LogP contribution in [0, 0.1) is 6.92 Å². The summed E-state index contributed by atoms with van der Waals surface area (Å²) >= 11 is 0. The Morgan fingerprint density at radius 3 is 2.47 bits per heavy atom. The Balaban J connectivity index is 3.18. The minimum atomic E-state index is -0.142. The first kappa shape index (κ1) is 13.8. The van der Waals surface area contributed by atoms with Crippen LogP contribution in [0.2, 0.25) is 0 Å². The van der Waals surface area contributed by atoms with Gasteiger partial charge in [-0.15, -0.1) is 0 Å². The van der Waals surface area contributed by atoms with Crippen molar-refractivity contribution in [2.24, 2.45) is 0 Å². The SMILES string of the molecule is CCC(C(=O)OC)c1cc(C(C)C)ccc1C. The second kappa shape index (κ2) is 5.85. The molecule has 1 aromatic rings. The number of esters is 1. The topological polar surface area (TPSA) is 26.3 Å². The maximum atomic E-state index is 11.8. The number of carbonyl (C=O) groups excluding carboxylic acids is 1. The lowest BCUT2D eigenvalue weighted by molar-refractivity contribution is -0.142. The van der Waals surface area contributed by atoms with Gasteiger partial charge in [-0.05, 0) is 36.0 Å². The number of aryl methyl sites for hydroxylation is 1. The van der Waals surface area contributed by atoms with Crippen LogP contribution in [0.4, 0.5) is 0 Å². The molecular formula is C15H22O2. The number of carbonyl (C=O) groups is 1. The number of rotatable bonds is 4. The van der Waals surface area contributed by atoms with E-state index >= 15 is 0 Å². The van der Waals surface area contributed by atoms with E-state index < -0.39 is 0 Å². The van der Waals surface area contributed by atoms with Crippen molar-refractivity contribution in [3.63, 3.8) is 0 Å². The van der Waals surface area contributed by atoms with Gasteiger partial charge in [-0.2, -0.15) is 0 Å². The van der Waals surface area contributed by atoms with Gasteiger partial charge in [-0.3, -0.25) is 4.79 Å². The van der Waals surface area contributed by atoms with Crippen molar-refractivity contribution in [2.45, 2.75) is 46.0 Å². The lowest BCUT2D eigenvalue weighted by atomic mass is 9.89. The van der Waals surface area contributed by atoms with E-state index in [0.717, 1.165) is 17.5 Å². The molecule has 0 aliphatic carbocycles. The third-order valence-corrected chi connectivity index (χ3v) is 3.24. The second-order valence-corrected chi connectivity index (χ2v) is 4.75. The summed E-state index contributed by atoms with van der Waals surface area (Å²) in [5.74, 6) is 0.194. The fourth-order valence-electron chi connectivity index (χ4n) is 2.05. The molecule has 0 aromatic heterocycles. The Bertz CT molecular complexity index is 394. The molecule has 0 bridgehead atoms. The molecule has 0 saturated carbocycles. The molecule has 0 saturated heterocycles. The normalized spacial score (nSPS) is 12.6. The third kappa shape index (κ3) is 3.09. The van der Waals surface area contributed by atoms with E-state index in [1.54, 1.807) is 0 Å². The summed E-state index contributed by atoms with van der Waals surface area (Å²) in [6, 6.07) is 6.37. The highest BCUT2D eigenvalue weighted by molar-refractivity contribution is 5.78. The number of benzene rings is 1. The van der Waals surface area contributed by atoms with Crippen LogP contribution in [-0.4, -0.2) is 13.1 Å². The highest BCUT2D eigenvalue weighted by Crippen LogP contribution is 2.27. The zero-order chi connectivity index (χ0) is 13.0. The summed E-state index contributed by atoms with van der Waals surface area (Å²) in [5.41, 5.74) is 3.53. The summed E-state index contributed by atoms with van der Waals surface area (Å²) in [7, 11) is 1.45. The summed E-state index contributed by atoms with van der Waals surface area (Å²) in [6.45, 7) is 8.38. The Morgan fingerprint density at radius 2 is 2.00 bits per heavy atom. The van der Waals surface area contributed by atoms with Crippen LogP contribution >= 0.6 is 0 Å². The largest absolute Gasteiger partial charge is 0.469 e. The van der Waals surface area contributed by atoms with E-state index in [-0.39, 0.29) is 11.9 Å². The third-order valence-electron chi connectivity index (χ3n) is 3.24. The van der Waals surface area contributed by atoms with Gasteiger partial charge in [-0.1, -0.05) is 39.0 Å². The molecule has 0 aliphatic heterocycles. The van der Waals surface area contributed by atoms with E-state index in [1.165, 1.54) is 12.7 Å². The van der Waals surface area contributed by atoms with Crippen LogP contribution in [0.5, 0.6) is 0 Å². The molecule has 0 N–H and O–H groups in total. The Hall–Kier alpha value is -1.31. The monoisotopic (exact) mass is 234 g/mol. The molecule has 1 rings (SSSR count). The highest BCUT2D eigenvalue weighted by atomic mass is 16.5. The highest BCUT2D eigenvalue weighted by Gasteiger charge is 2.21. The minimum absolute atomic E-state index is 0.140. The molecule has 1 unspecified atom stereocenters. The molecule has 94 valence electrons. The summed E-state index contributed by atoms with van der Waals surface area (Å²) in [6.07, 6.45) is 0.773. The smallest absolute Gasteiger partial charge is 0.313 e. The van der Waals surface area contributed by atoms with E-state index in [2.05, 4.69) is 32.0 Å². The van der Waals surface area contributed by atoms with Crippen LogP contribution < -0.4 is 0 Å². The molecule has 0 spiro atoms. The van der Waals surface area contributed by atoms with E-state index in [4.69, 9.17) is 4.74 Å². The van der Waals surface area contributed by atoms with Crippen LogP contribution in [0.1, 0.15) is 55.7 Å². The number of ether oxygens (including phenoxy) is 1. The lowest BCUT2D eigenvalue weighted by Gasteiger charge is -2.17. The van der Waals surface area contributed by atoms with Crippen LogP contribution in [0.3, 0.4) is 0 Å². The minimum Gasteiger partial charge on any atom is -0.469 e. The summed E-state index contributed by atoms with van der Waals surface area (Å²) < 4.78 is 4.87. The van der Waals surface area contributed by atoms with Crippen LogP contribution in [0.15, 0.2) is 18.2 Å². The van der Waals surface area contributed by atoms with Gasteiger partial charge in [0.1, 0.15) is 0 Å². The van der Waals surface area contributed by atoms with Crippen molar-refractivity contribution in [3.05, 3.63) is 34.9 Å². The predicted octanol–water partition coefficient (Wildman–Crippen LogP) is 3.79. The maximum absolute atomic E-state index is 11.8. The first-order valence-electron chi connectivity index (χ1n) is 6.19. The molecule has 2 heteroatoms. The Morgan fingerprint density at radius 1 is 1.35 bits per heavy atom. The van der Waals surface area contributed by atoms with Gasteiger partial charge >= 0.3 is 5.97 Å². The molecule has 0 heterocycles. The quantitative estimate of drug-likeness (QED) is 0.741. The van der Waals surface area contributed by atoms with Crippen molar-refractivity contribution < 1.29 is 9.53 Å². The van der Waals surface area contributed by atoms with Gasteiger partial charge in [0.25, 0.3) is 0 Å². The fourth-order valence-corrected chi connectivity index (χ4v) is 2.05. The van der Waals surface area contributed by atoms with Crippen molar-refractivity contribution in [2.75, 3.05) is 7.11 Å². The predicted molar refractivity (Wildman–Crippen MR) is 70.3 cm³/mol. The standard InChI is InChI=1S/C15H22O2/c1-6-13(15(16)17-5)14-9-12(10(2)3)8-7-11(14)4/h7-10,13H,6H2,1-5H3. The number of methoxy groups -OCH3 is 1. The van der Waals surface area contributed by atoms with Crippen LogP contribution in [0.25, 0.3) is 0 Å². The molecule has 0 radical (unpaired) electrons. The van der Waals surface area contributed by atoms with Gasteiger partial charge in [0, 0.05) is 0 Å². The van der Waals surface area contributed by atoms with Gasteiger partial charge in [0.15, 0.2) is 0 Å². The van der Waals surface area contributed by atoms with Crippen molar-refractivity contribution in [1.82, 2.24) is 0 Å². The second-order valence-electron chi connectivity index (χ2n) is 4.75. The molecule has 2 nitrogen and oxygen atoms in total. The van der Waals surface area contributed by atoms with Crippen LogP contribution in [-0.2, 0) is 9.53 Å². The molecule has 0 fully saturated rings. The van der Waals surface area contributed by atoms with E-state index in [9.17, 15) is 4.79 Å². The molecule has 1 atom stereocenters. The number of hydrogen-bond donors (Lipinski definition) is 0.